The summed E-state index contributed by atoms with van der Waals surface area (Å²) in [5, 5.41) is 33.8. The zero-order chi connectivity index (χ0) is 16.3. The van der Waals surface area contributed by atoms with Gasteiger partial charge in [0.2, 0.25) is 5.91 Å². The number of allylic oxidation sites excluding steroid dienone is 2. The first kappa shape index (κ1) is 15.6. The Kier molecular flexibility index (Phi) is 4.45. The Morgan fingerprint density at radius 2 is 1.77 bits per heavy atom. The van der Waals surface area contributed by atoms with E-state index in [2.05, 4.69) is 5.32 Å². The van der Waals surface area contributed by atoms with Gasteiger partial charge < -0.3 is 25.4 Å². The number of nitrogens with one attached hydrogen (secondary N) is 1. The summed E-state index contributed by atoms with van der Waals surface area (Å²) in [5.74, 6) is -5.63. The highest BCUT2D eigenvalue weighted by atomic mass is 16.4. The van der Waals surface area contributed by atoms with E-state index < -0.39 is 41.0 Å². The molecule has 0 spiro atoms. The summed E-state index contributed by atoms with van der Waals surface area (Å²) in [6.07, 6.45) is 3.88. The van der Waals surface area contributed by atoms with E-state index in [1.165, 1.54) is 6.07 Å². The summed E-state index contributed by atoms with van der Waals surface area (Å²) < 4.78 is 0. The summed E-state index contributed by atoms with van der Waals surface area (Å²) in [6.45, 7) is 0. The summed E-state index contributed by atoms with van der Waals surface area (Å²) in [7, 11) is 0. The molecule has 2 atom stereocenters. The Hall–Kier alpha value is -2.83. The van der Waals surface area contributed by atoms with Crippen molar-refractivity contribution in [3.8, 4) is 5.75 Å². The molecule has 0 heterocycles. The van der Waals surface area contributed by atoms with E-state index in [1.807, 2.05) is 0 Å². The predicted octanol–water partition coefficient (Wildman–Crippen LogP) is -0.271. The Balaban J connectivity index is 2.14. The lowest BCUT2D eigenvalue weighted by Gasteiger charge is -2.28. The van der Waals surface area contributed by atoms with Crippen LogP contribution >= 0.6 is 0 Å². The lowest BCUT2D eigenvalue weighted by molar-refractivity contribution is -0.313. The quantitative estimate of drug-likeness (QED) is 0.736. The molecule has 0 aromatic heterocycles. The third kappa shape index (κ3) is 3.25. The minimum atomic E-state index is -1.35. The van der Waals surface area contributed by atoms with Crippen LogP contribution in [-0.2, 0) is 9.59 Å². The molecule has 0 unspecified atom stereocenters. The average molecular weight is 303 g/mol. The van der Waals surface area contributed by atoms with Crippen LogP contribution in [0.5, 0.6) is 5.75 Å². The van der Waals surface area contributed by atoms with Crippen molar-refractivity contribution in [1.82, 2.24) is 0 Å². The van der Waals surface area contributed by atoms with E-state index in [0.717, 1.165) is 12.1 Å². The normalized spacial score (nSPS) is 20.4. The van der Waals surface area contributed by atoms with Gasteiger partial charge >= 0.3 is 5.97 Å². The van der Waals surface area contributed by atoms with Gasteiger partial charge in [-0.1, -0.05) is 17.9 Å². The molecule has 0 saturated carbocycles. The van der Waals surface area contributed by atoms with Crippen molar-refractivity contribution in [2.24, 2.45) is 11.8 Å². The highest BCUT2D eigenvalue weighted by Crippen LogP contribution is 2.27. The molecule has 7 nitrogen and oxygen atoms in total. The van der Waals surface area contributed by atoms with E-state index in [9.17, 15) is 24.6 Å². The minimum absolute atomic E-state index is 0.131. The van der Waals surface area contributed by atoms with Crippen molar-refractivity contribution in [2.45, 2.75) is 12.8 Å². The number of carboxylic acid groups (broad SMARTS) is 2. The van der Waals surface area contributed by atoms with Gasteiger partial charge in [0.15, 0.2) is 0 Å². The van der Waals surface area contributed by atoms with Gasteiger partial charge in [-0.05, 0) is 31.0 Å². The number of hydrogen-bond acceptors (Lipinski definition) is 5. The van der Waals surface area contributed by atoms with E-state index in [0.29, 0.717) is 0 Å². The van der Waals surface area contributed by atoms with Crippen LogP contribution in [0, 0.1) is 11.8 Å². The number of amides is 1. The molecule has 22 heavy (non-hydrogen) atoms. The first-order valence-corrected chi connectivity index (χ1v) is 6.61. The fourth-order valence-corrected chi connectivity index (χ4v) is 2.38. The second kappa shape index (κ2) is 6.30. The SMILES string of the molecule is O=C(O)c1ccc(NC(=O)[C@@H]2CC=CC[C@@H]2C(=O)[O-])cc1[O-]. The Morgan fingerprint density at radius 3 is 2.32 bits per heavy atom. The van der Waals surface area contributed by atoms with Crippen LogP contribution in [0.2, 0.25) is 0 Å². The molecule has 2 rings (SSSR count). The van der Waals surface area contributed by atoms with E-state index in [-0.39, 0.29) is 18.5 Å². The minimum Gasteiger partial charge on any atom is -0.872 e. The van der Waals surface area contributed by atoms with E-state index in [4.69, 9.17) is 5.11 Å². The van der Waals surface area contributed by atoms with Gasteiger partial charge in [0.25, 0.3) is 0 Å². The Labute approximate surface area is 125 Å². The zero-order valence-corrected chi connectivity index (χ0v) is 11.4. The first-order chi connectivity index (χ1) is 10.4. The highest BCUT2D eigenvalue weighted by molar-refractivity contribution is 5.97. The molecule has 1 aliphatic rings. The van der Waals surface area contributed by atoms with Crippen LogP contribution in [0.4, 0.5) is 5.69 Å². The lowest BCUT2D eigenvalue weighted by Crippen LogP contribution is -2.41. The zero-order valence-electron chi connectivity index (χ0n) is 11.4. The molecule has 116 valence electrons. The number of aromatic carboxylic acids is 1. The molecule has 1 aromatic rings. The maximum absolute atomic E-state index is 12.2. The Bertz CT molecular complexity index is 651. The van der Waals surface area contributed by atoms with Gasteiger partial charge in [-0.25, -0.2) is 4.79 Å². The monoisotopic (exact) mass is 303 g/mol. The van der Waals surface area contributed by atoms with Crippen LogP contribution < -0.4 is 15.5 Å². The lowest BCUT2D eigenvalue weighted by atomic mass is 9.82. The van der Waals surface area contributed by atoms with Gasteiger partial charge in [-0.2, -0.15) is 0 Å². The molecule has 0 bridgehead atoms. The molecule has 7 heteroatoms. The standard InChI is InChI=1S/C15H15NO6/c17-12-7-8(5-6-11(12)15(21)22)16-13(18)9-3-1-2-4-10(9)14(19)20/h1-2,5-7,9-10,17H,3-4H2,(H,16,18)(H,19,20)(H,21,22)/p-2/t9-,10+/m1/s1. The van der Waals surface area contributed by atoms with Crippen molar-refractivity contribution in [3.63, 3.8) is 0 Å². The fourth-order valence-electron chi connectivity index (χ4n) is 2.38. The van der Waals surface area contributed by atoms with Crippen molar-refractivity contribution < 1.29 is 29.7 Å². The molecular weight excluding hydrogens is 290 g/mol. The van der Waals surface area contributed by atoms with Crippen LogP contribution in [0.15, 0.2) is 30.4 Å². The molecule has 2 N–H and O–H groups in total. The summed E-state index contributed by atoms with van der Waals surface area (Å²) in [6, 6.07) is 3.38. The summed E-state index contributed by atoms with van der Waals surface area (Å²) in [4.78, 5) is 34.0. The van der Waals surface area contributed by atoms with Crippen LogP contribution in [0.1, 0.15) is 23.2 Å². The molecule has 0 saturated heterocycles. The van der Waals surface area contributed by atoms with Gasteiger partial charge in [0, 0.05) is 17.6 Å². The molecule has 0 aliphatic heterocycles. The number of carbonyl (C=O) groups is 3. The molecule has 0 radical (unpaired) electrons. The number of carboxylic acids is 2. The van der Waals surface area contributed by atoms with Gasteiger partial charge in [-0.15, -0.1) is 0 Å². The molecule has 1 aliphatic carbocycles. The smallest absolute Gasteiger partial charge is 0.335 e. The van der Waals surface area contributed by atoms with Crippen LogP contribution in [0.3, 0.4) is 0 Å². The predicted molar refractivity (Wildman–Crippen MR) is 71.8 cm³/mol. The van der Waals surface area contributed by atoms with E-state index in [1.54, 1.807) is 12.2 Å². The molecule has 1 amide bonds. The maximum Gasteiger partial charge on any atom is 0.335 e. The third-order valence-electron chi connectivity index (χ3n) is 3.55. The van der Waals surface area contributed by atoms with Crippen molar-refractivity contribution in [1.29, 1.82) is 0 Å². The number of anilines is 1. The first-order valence-electron chi connectivity index (χ1n) is 6.61. The Morgan fingerprint density at radius 1 is 1.14 bits per heavy atom. The molecule has 1 aromatic carbocycles. The topological polar surface area (TPSA) is 130 Å². The second-order valence-electron chi connectivity index (χ2n) is 4.98. The van der Waals surface area contributed by atoms with Gasteiger partial charge in [0.1, 0.15) is 0 Å². The van der Waals surface area contributed by atoms with E-state index >= 15 is 0 Å². The largest absolute Gasteiger partial charge is 0.872 e. The highest BCUT2D eigenvalue weighted by Gasteiger charge is 2.29. The van der Waals surface area contributed by atoms with Gasteiger partial charge in [0.05, 0.1) is 11.5 Å². The van der Waals surface area contributed by atoms with Crippen molar-refractivity contribution in [3.05, 3.63) is 35.9 Å². The maximum atomic E-state index is 12.2. The third-order valence-corrected chi connectivity index (χ3v) is 3.55. The molecule has 0 fully saturated rings. The number of rotatable bonds is 4. The average Bonchev–Trinajstić information content (AvgIpc) is 2.46. The fraction of sp³-hybridized carbons (Fsp3) is 0.267. The van der Waals surface area contributed by atoms with Crippen molar-refractivity contribution in [2.75, 3.05) is 5.32 Å². The van der Waals surface area contributed by atoms with Crippen LogP contribution in [0.25, 0.3) is 0 Å². The number of carbonyl (C=O) groups excluding carboxylic acids is 2. The number of aliphatic carboxylic acids is 1. The number of hydrogen-bond donors (Lipinski definition) is 2. The van der Waals surface area contributed by atoms with Crippen LogP contribution in [-0.4, -0.2) is 23.0 Å². The molecular formula is C15H13NO6-2. The number of benzene rings is 1. The van der Waals surface area contributed by atoms with Gasteiger partial charge in [-0.3, -0.25) is 4.79 Å². The second-order valence-corrected chi connectivity index (χ2v) is 4.98. The summed E-state index contributed by atoms with van der Waals surface area (Å²) >= 11 is 0. The summed E-state index contributed by atoms with van der Waals surface area (Å²) in [5.41, 5.74) is -0.266. The van der Waals surface area contributed by atoms with Crippen molar-refractivity contribution >= 4 is 23.5 Å².